The van der Waals surface area contributed by atoms with E-state index in [1.807, 2.05) is 10.6 Å². The third kappa shape index (κ3) is 8.48. The summed E-state index contributed by atoms with van der Waals surface area (Å²) in [7, 11) is 0. The molecule has 34 heavy (non-hydrogen) atoms. The number of rotatable bonds is 11. The van der Waals surface area contributed by atoms with Gasteiger partial charge >= 0.3 is 0 Å². The van der Waals surface area contributed by atoms with Crippen molar-refractivity contribution in [3.8, 4) is 0 Å². The van der Waals surface area contributed by atoms with Crippen molar-refractivity contribution in [3.63, 3.8) is 0 Å². The fourth-order valence-electron chi connectivity index (χ4n) is 3.49. The van der Waals surface area contributed by atoms with E-state index in [0.29, 0.717) is 24.6 Å². The summed E-state index contributed by atoms with van der Waals surface area (Å²) < 4.78 is 61.7. The van der Waals surface area contributed by atoms with E-state index in [9.17, 15) is 17.6 Å². The maximum Gasteiger partial charge on any atom is 0.208 e. The average Bonchev–Trinajstić information content (AvgIpc) is 2.81. The van der Waals surface area contributed by atoms with Gasteiger partial charge in [-0.3, -0.25) is 31.9 Å². The maximum absolute atomic E-state index is 13.7. The van der Waals surface area contributed by atoms with Gasteiger partial charge in [0.1, 0.15) is 17.7 Å². The Labute approximate surface area is 220 Å². The summed E-state index contributed by atoms with van der Waals surface area (Å²) in [4.78, 5) is 0. The van der Waals surface area contributed by atoms with E-state index in [1.54, 1.807) is 0 Å². The van der Waals surface area contributed by atoms with Crippen molar-refractivity contribution in [2.75, 3.05) is 24.6 Å². The van der Waals surface area contributed by atoms with Crippen LogP contribution in [0.4, 0.5) is 17.6 Å². The van der Waals surface area contributed by atoms with Crippen molar-refractivity contribution in [3.05, 3.63) is 0 Å². The molecule has 0 aromatic heterocycles. The summed E-state index contributed by atoms with van der Waals surface area (Å²) in [5.41, 5.74) is 2.15. The van der Waals surface area contributed by atoms with Gasteiger partial charge in [-0.25, -0.2) is 28.2 Å². The number of nitrogens with one attached hydrogen (secondary N) is 8. The molecular formula is C16H30Cl3F4N9S2. The van der Waals surface area contributed by atoms with Gasteiger partial charge in [-0.2, -0.15) is 0 Å². The number of hydrogen-bond acceptors (Lipinski definition) is 11. The minimum absolute atomic E-state index is 0.235. The molecule has 18 heteroatoms. The number of halogens is 7. The Hall–Kier alpha value is 0.930. The minimum atomic E-state index is -1.70. The van der Waals surface area contributed by atoms with E-state index in [-0.39, 0.29) is 10.9 Å². The second-order valence-corrected chi connectivity index (χ2v) is 11.7. The molecular weight excluding hydrogens is 565 g/mol. The number of thioether (sulfide) groups is 2. The van der Waals surface area contributed by atoms with Gasteiger partial charge in [0.25, 0.3) is 0 Å². The Bertz CT molecular complexity index is 651. The first-order valence-electron chi connectivity index (χ1n) is 11.1. The van der Waals surface area contributed by atoms with Crippen molar-refractivity contribution in [2.45, 2.75) is 70.9 Å². The standard InChI is InChI=1S/C16H30Cl3F4N9S2/c17-5-8(20)27-14(22)30-11(5)25-1-3-33-13-7(19)10(24)29-16(32-13)34-4-2-26-12-6(18)9(21)28-15(23)31-12/h5-16,25-32H,1-4,24H2/i/hD. The summed E-state index contributed by atoms with van der Waals surface area (Å²) in [5.74, 6) is 1.12. The largest absolute Gasteiger partial charge is 0.315 e. The third-order valence-electron chi connectivity index (χ3n) is 5.23. The molecule has 12 atom stereocenters. The monoisotopic (exact) mass is 594 g/mol. The fourth-order valence-corrected chi connectivity index (χ4v) is 6.43. The zero-order valence-electron chi connectivity index (χ0n) is 18.7. The topological polar surface area (TPSA) is 122 Å². The third-order valence-corrected chi connectivity index (χ3v) is 9.10. The van der Waals surface area contributed by atoms with Crippen LogP contribution < -0.4 is 48.3 Å². The van der Waals surface area contributed by atoms with Gasteiger partial charge in [-0.05, 0) is 0 Å². The summed E-state index contributed by atoms with van der Waals surface area (Å²) in [5, 5.41) is 18.9. The first-order valence-corrected chi connectivity index (χ1v) is 14.0. The Morgan fingerprint density at radius 2 is 1.26 bits per heavy atom. The maximum atomic E-state index is 13.7. The summed E-state index contributed by atoms with van der Waals surface area (Å²) in [6.45, 7) is 0.832. The highest BCUT2D eigenvalue weighted by Crippen LogP contribution is 2.25. The van der Waals surface area contributed by atoms with Crippen LogP contribution in [-0.2, 0) is 0 Å². The van der Waals surface area contributed by atoms with Crippen LogP contribution in [0, 0.1) is 0 Å². The summed E-state index contributed by atoms with van der Waals surface area (Å²) >= 11 is 21.4. The Kier molecular flexibility index (Phi) is 11.7. The Morgan fingerprint density at radius 3 is 1.79 bits per heavy atom. The molecule has 10 N–H and O–H groups in total. The van der Waals surface area contributed by atoms with Crippen molar-refractivity contribution in [1.82, 2.24) is 42.5 Å². The lowest BCUT2D eigenvalue weighted by atomic mass is 10.2. The fraction of sp³-hybridized carbons (Fsp3) is 1.00. The van der Waals surface area contributed by atoms with Gasteiger partial charge in [-0.1, -0.05) is 0 Å². The van der Waals surface area contributed by atoms with Crippen molar-refractivity contribution < 1.29 is 19.0 Å². The lowest BCUT2D eigenvalue weighted by Crippen LogP contribution is -2.66. The van der Waals surface area contributed by atoms with Gasteiger partial charge in [-0.15, -0.1) is 58.3 Å². The smallest absolute Gasteiger partial charge is 0.208 e. The van der Waals surface area contributed by atoms with Gasteiger partial charge in [0.15, 0.2) is 12.6 Å². The van der Waals surface area contributed by atoms with E-state index >= 15 is 0 Å². The lowest BCUT2D eigenvalue weighted by molar-refractivity contribution is 0.0649. The second-order valence-electron chi connectivity index (χ2n) is 7.75. The zero-order chi connectivity index (χ0) is 25.5. The van der Waals surface area contributed by atoms with Crippen LogP contribution in [0.5, 0.6) is 0 Å². The van der Waals surface area contributed by atoms with Crippen LogP contribution in [0.15, 0.2) is 0 Å². The first-order chi connectivity index (χ1) is 16.7. The predicted octanol–water partition coefficient (Wildman–Crippen LogP) is -0.323. The molecule has 0 radical (unpaired) electrons. The predicted molar refractivity (Wildman–Crippen MR) is 131 cm³/mol. The van der Waals surface area contributed by atoms with Crippen LogP contribution in [0.1, 0.15) is 0 Å². The van der Waals surface area contributed by atoms with Crippen LogP contribution in [0.2, 0.25) is 1.41 Å². The molecule has 0 amide bonds. The molecule has 9 nitrogen and oxygen atoms in total. The Balaban J connectivity index is 1.38. The van der Waals surface area contributed by atoms with Crippen LogP contribution in [-0.4, -0.2) is 95.5 Å². The molecule has 3 fully saturated rings. The van der Waals surface area contributed by atoms with E-state index in [0.717, 1.165) is 0 Å². The van der Waals surface area contributed by atoms with Gasteiger partial charge in [0.2, 0.25) is 12.8 Å². The Morgan fingerprint density at radius 1 is 0.735 bits per heavy atom. The van der Waals surface area contributed by atoms with Crippen LogP contribution in [0.3, 0.4) is 0 Å². The molecule has 12 unspecified atom stereocenters. The quantitative estimate of drug-likeness (QED) is 0.0676. The highest BCUT2D eigenvalue weighted by molar-refractivity contribution is 8.00. The minimum Gasteiger partial charge on any atom is -0.315 e. The van der Waals surface area contributed by atoms with Crippen molar-refractivity contribution in [1.29, 1.82) is 0 Å². The lowest BCUT2D eigenvalue weighted by Gasteiger charge is -2.39. The molecule has 0 aromatic rings. The number of nitrogens with two attached hydrogens (primary N) is 1. The molecule has 3 aliphatic heterocycles. The molecule has 0 aromatic carbocycles. The van der Waals surface area contributed by atoms with Crippen molar-refractivity contribution in [2.24, 2.45) is 5.73 Å². The molecule has 0 aliphatic carbocycles. The molecule has 3 saturated heterocycles. The molecule has 3 rings (SSSR count). The van der Waals surface area contributed by atoms with E-state index in [1.165, 1.54) is 23.5 Å². The second kappa shape index (κ2) is 14.2. The molecule has 3 aliphatic rings. The molecule has 3 heterocycles. The molecule has 0 spiro atoms. The van der Waals surface area contributed by atoms with Crippen LogP contribution >= 0.6 is 58.3 Å². The van der Waals surface area contributed by atoms with E-state index in [4.69, 9.17) is 36.2 Å². The van der Waals surface area contributed by atoms with E-state index in [2.05, 4.69) is 37.6 Å². The van der Waals surface area contributed by atoms with Crippen molar-refractivity contribution >= 4 is 58.3 Å². The highest BCUT2D eigenvalue weighted by Gasteiger charge is 2.38. The first kappa shape index (κ1) is 28.0. The van der Waals surface area contributed by atoms with Crippen LogP contribution in [0.25, 0.3) is 0 Å². The molecule has 0 bridgehead atoms. The highest BCUT2D eigenvalue weighted by atomic mass is 35.5. The number of hydrogen-bond donors (Lipinski definition) is 9. The van der Waals surface area contributed by atoms with Gasteiger partial charge in [0.05, 0.1) is 29.2 Å². The SMILES string of the molecule is [2H]NC1NC(SCCNC2NC(F)NC(F)C2Cl)NC(SCCNC2NC(F)NC(F)C2Cl)C1Cl. The summed E-state index contributed by atoms with van der Waals surface area (Å²) in [6, 6.07) is 0. The van der Waals surface area contributed by atoms with Gasteiger partial charge < -0.3 is 5.73 Å². The molecule has 0 saturated carbocycles. The van der Waals surface area contributed by atoms with E-state index < -0.39 is 60.1 Å². The molecule has 200 valence electrons. The summed E-state index contributed by atoms with van der Waals surface area (Å²) in [6.07, 6.45) is -8.70. The zero-order valence-corrected chi connectivity index (χ0v) is 21.6. The van der Waals surface area contributed by atoms with Gasteiger partial charge in [0, 0.05) is 24.6 Å². The number of alkyl halides is 7. The normalized spacial score (nSPS) is 46.3. The average molecular weight is 596 g/mol.